The highest BCUT2D eigenvalue weighted by Gasteiger charge is 2.40. The van der Waals surface area contributed by atoms with Crippen LogP contribution in [0.2, 0.25) is 0 Å². The molecule has 1 fully saturated rings. The van der Waals surface area contributed by atoms with Gasteiger partial charge in [0, 0.05) is 19.2 Å². The minimum absolute atomic E-state index is 0.0628. The van der Waals surface area contributed by atoms with Crippen LogP contribution in [-0.2, 0) is 26.2 Å². The number of carbonyl (C=O) groups is 2. The van der Waals surface area contributed by atoms with Gasteiger partial charge in [-0.15, -0.1) is 0 Å². The van der Waals surface area contributed by atoms with Gasteiger partial charge in [-0.2, -0.15) is 4.31 Å². The molecule has 2 amide bonds. The predicted octanol–water partition coefficient (Wildman–Crippen LogP) is 1.52. The summed E-state index contributed by atoms with van der Waals surface area (Å²) in [6, 6.07) is 7.58. The van der Waals surface area contributed by atoms with Crippen LogP contribution in [-0.4, -0.2) is 50.5 Å². The second-order valence-corrected chi connectivity index (χ2v) is 9.99. The van der Waals surface area contributed by atoms with Gasteiger partial charge in [0.1, 0.15) is 11.8 Å². The van der Waals surface area contributed by atoms with Gasteiger partial charge in [-0.05, 0) is 49.1 Å². The Morgan fingerprint density at radius 1 is 1.15 bits per heavy atom. The Morgan fingerprint density at radius 2 is 1.97 bits per heavy atom. The van der Waals surface area contributed by atoms with Gasteiger partial charge in [0.25, 0.3) is 5.91 Å². The van der Waals surface area contributed by atoms with Gasteiger partial charge in [0.05, 0.1) is 10.6 Å². The van der Waals surface area contributed by atoms with Crippen LogP contribution in [0.3, 0.4) is 0 Å². The van der Waals surface area contributed by atoms with E-state index in [9.17, 15) is 18.0 Å². The van der Waals surface area contributed by atoms with Gasteiger partial charge in [0.2, 0.25) is 22.7 Å². The average molecular weight is 474 g/mol. The van der Waals surface area contributed by atoms with Crippen LogP contribution in [0.5, 0.6) is 17.2 Å². The maximum absolute atomic E-state index is 13.5. The summed E-state index contributed by atoms with van der Waals surface area (Å²) in [7, 11) is -3.96. The standard InChI is InChI=1S/C22H23N3O7S/c1-13-7-15-18(30-11-21(26)24-15)9-20(13)33(28,29)25-6-2-3-16(25)22(27)23-10-14-4-5-17-19(8-14)32-12-31-17/h4-5,7-9,16H,2-3,6,10-12H2,1H3,(H,23,27)(H,24,26)/t16-/m0/s1. The third kappa shape index (κ3) is 3.98. The molecule has 0 radical (unpaired) electrons. The molecule has 11 heteroatoms. The second-order valence-electron chi connectivity index (χ2n) is 8.13. The molecule has 3 heterocycles. The van der Waals surface area contributed by atoms with Crippen LogP contribution in [0, 0.1) is 6.92 Å². The van der Waals surface area contributed by atoms with E-state index in [1.54, 1.807) is 25.1 Å². The first kappa shape index (κ1) is 21.5. The third-order valence-electron chi connectivity index (χ3n) is 5.91. The minimum atomic E-state index is -3.96. The van der Waals surface area contributed by atoms with E-state index in [-0.39, 0.29) is 43.2 Å². The van der Waals surface area contributed by atoms with E-state index >= 15 is 0 Å². The zero-order chi connectivity index (χ0) is 23.2. The van der Waals surface area contributed by atoms with Crippen molar-refractivity contribution < 1.29 is 32.2 Å². The number of nitrogens with zero attached hydrogens (tertiary/aromatic N) is 1. The number of benzene rings is 2. The van der Waals surface area contributed by atoms with Gasteiger partial charge in [-0.1, -0.05) is 6.07 Å². The van der Waals surface area contributed by atoms with E-state index in [2.05, 4.69) is 10.6 Å². The highest BCUT2D eigenvalue weighted by atomic mass is 32.2. The Bertz CT molecular complexity index is 1240. The number of ether oxygens (including phenoxy) is 3. The topological polar surface area (TPSA) is 123 Å². The van der Waals surface area contributed by atoms with Crippen LogP contribution in [0.25, 0.3) is 0 Å². The molecule has 0 saturated carbocycles. The largest absolute Gasteiger partial charge is 0.482 e. The number of sulfonamides is 1. The van der Waals surface area contributed by atoms with Crippen molar-refractivity contribution in [3.8, 4) is 17.2 Å². The monoisotopic (exact) mass is 473 g/mol. The van der Waals surface area contributed by atoms with Gasteiger partial charge >= 0.3 is 0 Å². The number of amides is 2. The summed E-state index contributed by atoms with van der Waals surface area (Å²) >= 11 is 0. The molecule has 1 saturated heterocycles. The smallest absolute Gasteiger partial charge is 0.262 e. The second kappa shape index (κ2) is 8.23. The molecule has 174 valence electrons. The van der Waals surface area contributed by atoms with Gasteiger partial charge in [-0.3, -0.25) is 9.59 Å². The van der Waals surface area contributed by atoms with Crippen molar-refractivity contribution in [1.29, 1.82) is 0 Å². The summed E-state index contributed by atoms with van der Waals surface area (Å²) in [5.41, 5.74) is 1.72. The molecule has 2 aromatic carbocycles. The number of aryl methyl sites for hydroxylation is 1. The van der Waals surface area contributed by atoms with E-state index < -0.39 is 16.1 Å². The normalized spacial score (nSPS) is 19.5. The molecule has 0 aliphatic carbocycles. The molecule has 3 aliphatic heterocycles. The molecule has 0 spiro atoms. The van der Waals surface area contributed by atoms with E-state index in [1.165, 1.54) is 10.4 Å². The average Bonchev–Trinajstić information content (AvgIpc) is 3.46. The van der Waals surface area contributed by atoms with Crippen LogP contribution in [0.1, 0.15) is 24.0 Å². The van der Waals surface area contributed by atoms with Gasteiger partial charge in [0.15, 0.2) is 18.1 Å². The van der Waals surface area contributed by atoms with E-state index in [0.29, 0.717) is 41.3 Å². The van der Waals surface area contributed by atoms with E-state index in [4.69, 9.17) is 14.2 Å². The van der Waals surface area contributed by atoms with Crippen molar-refractivity contribution >= 4 is 27.5 Å². The SMILES string of the molecule is Cc1cc2c(cc1S(=O)(=O)N1CCC[C@H]1C(=O)NCc1ccc3c(c1)OCO3)OCC(=O)N2. The maximum Gasteiger partial charge on any atom is 0.262 e. The predicted molar refractivity (Wildman–Crippen MR) is 117 cm³/mol. The molecule has 5 rings (SSSR count). The summed E-state index contributed by atoms with van der Waals surface area (Å²) in [5.74, 6) is 0.918. The zero-order valence-corrected chi connectivity index (χ0v) is 18.7. The Hall–Kier alpha value is -3.31. The fourth-order valence-corrected chi connectivity index (χ4v) is 6.15. The van der Waals surface area contributed by atoms with E-state index in [1.807, 2.05) is 6.07 Å². The van der Waals surface area contributed by atoms with Crippen LogP contribution < -0.4 is 24.8 Å². The lowest BCUT2D eigenvalue weighted by Gasteiger charge is -2.26. The Kier molecular flexibility index (Phi) is 5.37. The highest BCUT2D eigenvalue weighted by molar-refractivity contribution is 7.89. The summed E-state index contributed by atoms with van der Waals surface area (Å²) in [6.45, 7) is 2.13. The quantitative estimate of drug-likeness (QED) is 0.675. The molecule has 10 nitrogen and oxygen atoms in total. The molecule has 2 aromatic rings. The first-order chi connectivity index (χ1) is 15.8. The van der Waals surface area contributed by atoms with Crippen LogP contribution >= 0.6 is 0 Å². The zero-order valence-electron chi connectivity index (χ0n) is 17.9. The summed E-state index contributed by atoms with van der Waals surface area (Å²) in [5, 5.41) is 5.51. The number of hydrogen-bond acceptors (Lipinski definition) is 7. The summed E-state index contributed by atoms with van der Waals surface area (Å²) < 4.78 is 44.3. The van der Waals surface area contributed by atoms with Crippen molar-refractivity contribution in [2.24, 2.45) is 0 Å². The number of nitrogens with one attached hydrogen (secondary N) is 2. The minimum Gasteiger partial charge on any atom is -0.482 e. The number of anilines is 1. The number of fused-ring (bicyclic) bond motifs is 2. The molecule has 33 heavy (non-hydrogen) atoms. The maximum atomic E-state index is 13.5. The Morgan fingerprint density at radius 3 is 2.82 bits per heavy atom. The fraction of sp³-hybridized carbons (Fsp3) is 0.364. The van der Waals surface area contributed by atoms with Crippen molar-refractivity contribution in [2.45, 2.75) is 37.2 Å². The van der Waals surface area contributed by atoms with Crippen molar-refractivity contribution in [3.63, 3.8) is 0 Å². The summed E-state index contributed by atoms with van der Waals surface area (Å²) in [6.07, 6.45) is 1.01. The van der Waals surface area contributed by atoms with Crippen molar-refractivity contribution in [2.75, 3.05) is 25.3 Å². The lowest BCUT2D eigenvalue weighted by atomic mass is 10.2. The molecule has 0 unspecified atom stereocenters. The van der Waals surface area contributed by atoms with Crippen molar-refractivity contribution in [1.82, 2.24) is 9.62 Å². The number of hydrogen-bond donors (Lipinski definition) is 2. The molecule has 0 aromatic heterocycles. The van der Waals surface area contributed by atoms with Gasteiger partial charge < -0.3 is 24.8 Å². The van der Waals surface area contributed by atoms with Crippen LogP contribution in [0.15, 0.2) is 35.2 Å². The number of carbonyl (C=O) groups excluding carboxylic acids is 2. The number of rotatable bonds is 5. The van der Waals surface area contributed by atoms with Gasteiger partial charge in [-0.25, -0.2) is 8.42 Å². The molecule has 2 N–H and O–H groups in total. The fourth-order valence-electron chi connectivity index (χ4n) is 4.27. The van der Waals surface area contributed by atoms with E-state index in [0.717, 1.165) is 5.56 Å². The lowest BCUT2D eigenvalue weighted by Crippen LogP contribution is -2.45. The Balaban J connectivity index is 1.33. The molecular weight excluding hydrogens is 450 g/mol. The first-order valence-electron chi connectivity index (χ1n) is 10.6. The lowest BCUT2D eigenvalue weighted by molar-refractivity contribution is -0.124. The van der Waals surface area contributed by atoms with Crippen LogP contribution in [0.4, 0.5) is 5.69 Å². The molecule has 1 atom stereocenters. The third-order valence-corrected chi connectivity index (χ3v) is 7.96. The van der Waals surface area contributed by atoms with Crippen molar-refractivity contribution in [3.05, 3.63) is 41.5 Å². The molecule has 3 aliphatic rings. The highest BCUT2D eigenvalue weighted by Crippen LogP contribution is 2.36. The first-order valence-corrected chi connectivity index (χ1v) is 12.0. The Labute approximate surface area is 190 Å². The molecule has 0 bridgehead atoms. The summed E-state index contributed by atoms with van der Waals surface area (Å²) in [4.78, 5) is 24.6. The molecular formula is C22H23N3O7S.